The van der Waals surface area contributed by atoms with Crippen LogP contribution < -0.4 is 4.74 Å². The first-order chi connectivity index (χ1) is 12.6. The molecule has 9 heteroatoms. The highest BCUT2D eigenvalue weighted by Crippen LogP contribution is 2.36. The smallest absolute Gasteiger partial charge is 0.358 e. The Kier molecular flexibility index (Phi) is 4.92. The molecule has 0 aliphatic carbocycles. The minimum atomic E-state index is -3.62. The lowest BCUT2D eigenvalue weighted by molar-refractivity contribution is -0.180. The SMILES string of the molecule is CC1(C)OCc2c(CS(=O)(=O)Cc3ccc(F)cc3)cnc(C(=O)O)c2O1. The van der Waals surface area contributed by atoms with Gasteiger partial charge in [-0.05, 0) is 23.3 Å². The fraction of sp³-hybridized carbons (Fsp3) is 0.333. The van der Waals surface area contributed by atoms with E-state index in [1.807, 2.05) is 0 Å². The normalized spacial score (nSPS) is 15.7. The summed E-state index contributed by atoms with van der Waals surface area (Å²) in [6.45, 7) is 3.26. The van der Waals surface area contributed by atoms with Crippen molar-refractivity contribution < 1.29 is 32.2 Å². The Morgan fingerprint density at radius 2 is 1.93 bits per heavy atom. The summed E-state index contributed by atoms with van der Waals surface area (Å²) in [5.74, 6) is -3.40. The number of carboxylic acids is 1. The van der Waals surface area contributed by atoms with E-state index >= 15 is 0 Å². The van der Waals surface area contributed by atoms with Crippen molar-refractivity contribution in [3.05, 3.63) is 58.7 Å². The summed E-state index contributed by atoms with van der Waals surface area (Å²) >= 11 is 0. The highest BCUT2D eigenvalue weighted by Gasteiger charge is 2.34. The fourth-order valence-electron chi connectivity index (χ4n) is 2.76. The van der Waals surface area contributed by atoms with Gasteiger partial charge < -0.3 is 14.6 Å². The molecule has 0 saturated heterocycles. The predicted molar refractivity (Wildman–Crippen MR) is 93.4 cm³/mol. The van der Waals surface area contributed by atoms with Crippen LogP contribution in [-0.4, -0.2) is 30.3 Å². The van der Waals surface area contributed by atoms with E-state index in [9.17, 15) is 22.7 Å². The number of aromatic nitrogens is 1. The fourth-order valence-corrected chi connectivity index (χ4v) is 4.28. The van der Waals surface area contributed by atoms with Gasteiger partial charge in [-0.25, -0.2) is 22.6 Å². The average molecular weight is 395 g/mol. The van der Waals surface area contributed by atoms with Crippen molar-refractivity contribution in [2.24, 2.45) is 0 Å². The van der Waals surface area contributed by atoms with Crippen LogP contribution in [0.4, 0.5) is 4.39 Å². The van der Waals surface area contributed by atoms with Gasteiger partial charge >= 0.3 is 5.97 Å². The zero-order valence-electron chi connectivity index (χ0n) is 14.7. The molecule has 1 aliphatic heterocycles. The summed E-state index contributed by atoms with van der Waals surface area (Å²) in [6.07, 6.45) is 1.22. The lowest BCUT2D eigenvalue weighted by Gasteiger charge is -2.33. The third-order valence-corrected chi connectivity index (χ3v) is 5.54. The molecule has 0 radical (unpaired) electrons. The molecule has 0 spiro atoms. The van der Waals surface area contributed by atoms with Crippen molar-refractivity contribution in [2.75, 3.05) is 0 Å². The third-order valence-electron chi connectivity index (χ3n) is 4.02. The molecule has 1 aliphatic rings. The van der Waals surface area contributed by atoms with E-state index < -0.39 is 27.4 Å². The number of nitrogens with zero attached hydrogens (tertiary/aromatic N) is 1. The van der Waals surface area contributed by atoms with Gasteiger partial charge in [0.2, 0.25) is 5.79 Å². The van der Waals surface area contributed by atoms with Gasteiger partial charge in [0, 0.05) is 25.6 Å². The standard InChI is InChI=1S/C18H18FNO6S/c1-18(2)25-8-14-12(7-20-15(17(21)22)16(14)26-18)10-27(23,24)9-11-3-5-13(19)6-4-11/h3-7H,8-10H2,1-2H3,(H,21,22). The first-order valence-electron chi connectivity index (χ1n) is 8.08. The number of ether oxygens (including phenoxy) is 2. The Hall–Kier alpha value is -2.52. The van der Waals surface area contributed by atoms with Crippen LogP contribution >= 0.6 is 0 Å². The van der Waals surface area contributed by atoms with Crippen LogP contribution in [-0.2, 0) is 32.7 Å². The maximum Gasteiger partial charge on any atom is 0.358 e. The summed E-state index contributed by atoms with van der Waals surface area (Å²) in [4.78, 5) is 15.3. The third kappa shape index (κ3) is 4.42. The number of hydrogen-bond donors (Lipinski definition) is 1. The number of halogens is 1. The largest absolute Gasteiger partial charge is 0.476 e. The van der Waals surface area contributed by atoms with Crippen LogP contribution in [0.25, 0.3) is 0 Å². The molecule has 0 amide bonds. The molecule has 1 aromatic carbocycles. The number of carbonyl (C=O) groups is 1. The second-order valence-corrected chi connectivity index (χ2v) is 8.76. The zero-order chi connectivity index (χ0) is 19.8. The Morgan fingerprint density at radius 1 is 1.26 bits per heavy atom. The number of hydrogen-bond acceptors (Lipinski definition) is 6. The van der Waals surface area contributed by atoms with Crippen LogP contribution in [0, 0.1) is 5.82 Å². The zero-order valence-corrected chi connectivity index (χ0v) is 15.5. The van der Waals surface area contributed by atoms with Gasteiger partial charge in [0.25, 0.3) is 0 Å². The number of pyridine rings is 1. The summed E-state index contributed by atoms with van der Waals surface area (Å²) in [5.41, 5.74) is 0.826. The van der Waals surface area contributed by atoms with E-state index in [1.54, 1.807) is 13.8 Å². The molecular formula is C18H18FNO6S. The van der Waals surface area contributed by atoms with Crippen molar-refractivity contribution in [1.29, 1.82) is 0 Å². The number of sulfone groups is 1. The number of aromatic carboxylic acids is 1. The topological polar surface area (TPSA) is 103 Å². The minimum absolute atomic E-state index is 0.00648. The van der Waals surface area contributed by atoms with E-state index in [2.05, 4.69) is 4.98 Å². The molecule has 2 aromatic rings. The van der Waals surface area contributed by atoms with Crippen LogP contribution in [0.15, 0.2) is 30.5 Å². The maximum atomic E-state index is 13.0. The molecule has 7 nitrogen and oxygen atoms in total. The molecule has 3 rings (SSSR count). The second kappa shape index (κ2) is 6.90. The van der Waals surface area contributed by atoms with Crippen LogP contribution in [0.2, 0.25) is 0 Å². The first-order valence-corrected chi connectivity index (χ1v) is 9.90. The van der Waals surface area contributed by atoms with E-state index in [1.165, 1.54) is 30.5 Å². The summed E-state index contributed by atoms with van der Waals surface area (Å²) in [5, 5.41) is 9.32. The van der Waals surface area contributed by atoms with Gasteiger partial charge in [0.05, 0.1) is 18.1 Å². The molecule has 1 N–H and O–H groups in total. The van der Waals surface area contributed by atoms with E-state index in [0.29, 0.717) is 16.7 Å². The Balaban J connectivity index is 1.93. The highest BCUT2D eigenvalue weighted by molar-refractivity contribution is 7.89. The molecule has 144 valence electrons. The second-order valence-electron chi connectivity index (χ2n) is 6.69. The van der Waals surface area contributed by atoms with Crippen LogP contribution in [0.3, 0.4) is 0 Å². The predicted octanol–water partition coefficient (Wildman–Crippen LogP) is 2.68. The van der Waals surface area contributed by atoms with Crippen molar-refractivity contribution in [3.63, 3.8) is 0 Å². The van der Waals surface area contributed by atoms with E-state index in [4.69, 9.17) is 9.47 Å². The lowest BCUT2D eigenvalue weighted by atomic mass is 10.1. The molecular weight excluding hydrogens is 377 g/mol. The summed E-state index contributed by atoms with van der Waals surface area (Å²) in [6, 6.07) is 5.20. The number of benzene rings is 1. The van der Waals surface area contributed by atoms with Crippen LogP contribution in [0.1, 0.15) is 41.0 Å². The van der Waals surface area contributed by atoms with Gasteiger partial charge in [-0.1, -0.05) is 12.1 Å². The molecule has 0 atom stereocenters. The van der Waals surface area contributed by atoms with Crippen LogP contribution in [0.5, 0.6) is 5.75 Å². The quantitative estimate of drug-likeness (QED) is 0.830. The van der Waals surface area contributed by atoms with Crippen molar-refractivity contribution >= 4 is 15.8 Å². The van der Waals surface area contributed by atoms with Crippen molar-refractivity contribution in [1.82, 2.24) is 4.98 Å². The van der Waals surface area contributed by atoms with E-state index in [0.717, 1.165) is 0 Å². The number of rotatable bonds is 5. The van der Waals surface area contributed by atoms with Gasteiger partial charge in [-0.3, -0.25) is 0 Å². The number of carboxylic acid groups (broad SMARTS) is 1. The van der Waals surface area contributed by atoms with Gasteiger partial charge in [-0.15, -0.1) is 0 Å². The Bertz CT molecular complexity index is 986. The molecule has 0 unspecified atom stereocenters. The highest BCUT2D eigenvalue weighted by atomic mass is 32.2. The monoisotopic (exact) mass is 395 g/mol. The average Bonchev–Trinajstić information content (AvgIpc) is 2.55. The Labute approximate surface area is 155 Å². The lowest BCUT2D eigenvalue weighted by Crippen LogP contribution is -2.37. The molecule has 27 heavy (non-hydrogen) atoms. The van der Waals surface area contributed by atoms with Gasteiger partial charge in [0.15, 0.2) is 21.3 Å². The minimum Gasteiger partial charge on any atom is -0.476 e. The van der Waals surface area contributed by atoms with E-state index in [-0.39, 0.29) is 29.6 Å². The molecule has 2 heterocycles. The van der Waals surface area contributed by atoms with Crippen molar-refractivity contribution in [3.8, 4) is 5.75 Å². The molecule has 0 bridgehead atoms. The van der Waals surface area contributed by atoms with Crippen molar-refractivity contribution in [2.45, 2.75) is 37.7 Å². The Morgan fingerprint density at radius 3 is 2.56 bits per heavy atom. The number of fused-ring (bicyclic) bond motifs is 1. The van der Waals surface area contributed by atoms with Gasteiger partial charge in [-0.2, -0.15) is 0 Å². The molecule has 0 fully saturated rings. The molecule has 1 aromatic heterocycles. The summed E-state index contributed by atoms with van der Waals surface area (Å²) < 4.78 is 49.3. The summed E-state index contributed by atoms with van der Waals surface area (Å²) in [7, 11) is -3.62. The molecule has 0 saturated carbocycles. The first kappa shape index (κ1) is 19.2. The van der Waals surface area contributed by atoms with Gasteiger partial charge in [0.1, 0.15) is 5.82 Å². The maximum absolute atomic E-state index is 13.0.